The predicted molar refractivity (Wildman–Crippen MR) is 85.2 cm³/mol. The summed E-state index contributed by atoms with van der Waals surface area (Å²) < 4.78 is 6.20. The van der Waals surface area contributed by atoms with Crippen molar-refractivity contribution in [2.45, 2.75) is 32.3 Å². The van der Waals surface area contributed by atoms with E-state index in [9.17, 15) is 0 Å². The first-order chi connectivity index (χ1) is 10.5. The molecule has 0 aliphatic carbocycles. The molecule has 4 rings (SSSR count). The van der Waals surface area contributed by atoms with E-state index in [1.54, 1.807) is 12.4 Å². The zero-order chi connectivity index (χ0) is 15.3. The molecule has 1 N–H and O–H groups in total. The van der Waals surface area contributed by atoms with E-state index in [0.717, 1.165) is 29.7 Å². The van der Waals surface area contributed by atoms with Gasteiger partial charge in [0.25, 0.3) is 0 Å². The van der Waals surface area contributed by atoms with Crippen molar-refractivity contribution < 1.29 is 4.74 Å². The van der Waals surface area contributed by atoms with Crippen molar-refractivity contribution in [3.63, 3.8) is 0 Å². The lowest BCUT2D eigenvalue weighted by molar-refractivity contribution is 0.0854. The molecule has 6 heteroatoms. The van der Waals surface area contributed by atoms with E-state index in [4.69, 9.17) is 16.3 Å². The predicted octanol–water partition coefficient (Wildman–Crippen LogP) is 3.78. The Hall–Kier alpha value is -2.14. The Morgan fingerprint density at radius 2 is 2.05 bits per heavy atom. The van der Waals surface area contributed by atoms with Crippen LogP contribution < -0.4 is 4.74 Å². The highest BCUT2D eigenvalue weighted by molar-refractivity contribution is 6.31. The third-order valence-corrected chi connectivity index (χ3v) is 4.11. The summed E-state index contributed by atoms with van der Waals surface area (Å²) >= 11 is 6.27. The number of aromatic nitrogens is 4. The quantitative estimate of drug-likeness (QED) is 0.742. The molecule has 0 atom stereocenters. The second-order valence-electron chi connectivity index (χ2n) is 6.12. The molecule has 22 heavy (non-hydrogen) atoms. The minimum Gasteiger partial charge on any atom is -0.487 e. The third kappa shape index (κ3) is 2.22. The molecule has 112 valence electrons. The number of halogens is 1. The first-order valence-corrected chi connectivity index (χ1v) is 7.58. The lowest BCUT2D eigenvalue weighted by atomic mass is 9.92. The largest absolute Gasteiger partial charge is 0.487 e. The zero-order valence-electron chi connectivity index (χ0n) is 12.4. The average molecular weight is 315 g/mol. The maximum Gasteiger partial charge on any atom is 0.197 e. The van der Waals surface area contributed by atoms with Crippen LogP contribution in [0.4, 0.5) is 0 Å². The van der Waals surface area contributed by atoms with E-state index in [0.29, 0.717) is 22.1 Å². The minimum atomic E-state index is -0.196. The Bertz CT molecular complexity index is 839. The molecular weight excluding hydrogens is 300 g/mol. The van der Waals surface area contributed by atoms with Crippen LogP contribution in [0.3, 0.4) is 0 Å². The monoisotopic (exact) mass is 314 g/mol. The fraction of sp³-hybridized carbons (Fsp3) is 0.312. The molecule has 0 unspecified atom stereocenters. The van der Waals surface area contributed by atoms with Crippen molar-refractivity contribution >= 4 is 22.9 Å². The Balaban J connectivity index is 1.92. The fourth-order valence-corrected chi connectivity index (χ4v) is 3.01. The maximum atomic E-state index is 6.27. The summed E-state index contributed by atoms with van der Waals surface area (Å²) in [6.45, 7) is 4.19. The van der Waals surface area contributed by atoms with Crippen molar-refractivity contribution in [2.75, 3.05) is 0 Å². The molecule has 0 fully saturated rings. The van der Waals surface area contributed by atoms with Crippen LogP contribution in [0.25, 0.3) is 22.7 Å². The number of benzene rings is 1. The van der Waals surface area contributed by atoms with Gasteiger partial charge in [0.05, 0.1) is 5.56 Å². The van der Waals surface area contributed by atoms with Crippen molar-refractivity contribution in [2.24, 2.45) is 0 Å². The number of H-pyrrole nitrogens is 1. The molecule has 2 aromatic heterocycles. The zero-order valence-corrected chi connectivity index (χ0v) is 13.1. The smallest absolute Gasteiger partial charge is 0.197 e. The Kier molecular flexibility index (Phi) is 2.87. The molecule has 0 amide bonds. The second-order valence-corrected chi connectivity index (χ2v) is 6.55. The maximum absolute atomic E-state index is 6.27. The fourth-order valence-electron chi connectivity index (χ4n) is 2.77. The number of aryl methyl sites for hydroxylation is 1. The van der Waals surface area contributed by atoms with Gasteiger partial charge in [-0.3, -0.25) is 0 Å². The Morgan fingerprint density at radius 1 is 1.23 bits per heavy atom. The molecule has 3 heterocycles. The van der Waals surface area contributed by atoms with Crippen LogP contribution in [0.5, 0.6) is 5.75 Å². The molecular formula is C16H15ClN4O. The van der Waals surface area contributed by atoms with Gasteiger partial charge in [-0.2, -0.15) is 0 Å². The molecule has 0 spiro atoms. The van der Waals surface area contributed by atoms with E-state index in [1.807, 2.05) is 12.1 Å². The van der Waals surface area contributed by atoms with Gasteiger partial charge >= 0.3 is 0 Å². The number of imidazole rings is 1. The molecule has 0 saturated carbocycles. The molecule has 3 aromatic rings. The molecule has 0 radical (unpaired) electrons. The van der Waals surface area contributed by atoms with Gasteiger partial charge in [-0.15, -0.1) is 0 Å². The molecule has 0 bridgehead atoms. The summed E-state index contributed by atoms with van der Waals surface area (Å²) in [6, 6.07) is 3.84. The molecule has 1 aromatic carbocycles. The van der Waals surface area contributed by atoms with Gasteiger partial charge in [0.1, 0.15) is 17.2 Å². The van der Waals surface area contributed by atoms with Gasteiger partial charge in [0.15, 0.2) is 11.3 Å². The summed E-state index contributed by atoms with van der Waals surface area (Å²) in [6.07, 6.45) is 5.16. The lowest BCUT2D eigenvalue weighted by Gasteiger charge is -2.33. The highest BCUT2D eigenvalue weighted by Gasteiger charge is 2.29. The van der Waals surface area contributed by atoms with Crippen molar-refractivity contribution in [3.05, 3.63) is 35.1 Å². The Labute approximate surface area is 132 Å². The number of hydrogen-bond donors (Lipinski definition) is 1. The number of nitrogens with one attached hydrogen (secondary N) is 1. The van der Waals surface area contributed by atoms with Crippen LogP contribution in [0.15, 0.2) is 24.5 Å². The minimum absolute atomic E-state index is 0.196. The van der Waals surface area contributed by atoms with Crippen molar-refractivity contribution in [3.8, 4) is 17.1 Å². The number of ether oxygens (including phenoxy) is 1. The van der Waals surface area contributed by atoms with Gasteiger partial charge in [-0.1, -0.05) is 11.6 Å². The van der Waals surface area contributed by atoms with Crippen LogP contribution in [-0.4, -0.2) is 25.5 Å². The third-order valence-electron chi connectivity index (χ3n) is 3.89. The molecule has 0 saturated heterocycles. The SMILES string of the molecule is CC1(C)CCc2cc(Cl)cc(-c3nc4nccnc4[nH]3)c2O1. The van der Waals surface area contributed by atoms with Gasteiger partial charge in [0.2, 0.25) is 0 Å². The molecule has 1 aliphatic rings. The van der Waals surface area contributed by atoms with Crippen LogP contribution in [-0.2, 0) is 6.42 Å². The van der Waals surface area contributed by atoms with Gasteiger partial charge in [0, 0.05) is 17.4 Å². The summed E-state index contributed by atoms with van der Waals surface area (Å²) in [5, 5.41) is 0.679. The van der Waals surface area contributed by atoms with Gasteiger partial charge in [-0.25, -0.2) is 15.0 Å². The normalized spacial score (nSPS) is 16.3. The van der Waals surface area contributed by atoms with E-state index >= 15 is 0 Å². The van der Waals surface area contributed by atoms with Crippen LogP contribution in [0.1, 0.15) is 25.8 Å². The number of hydrogen-bond acceptors (Lipinski definition) is 4. The number of fused-ring (bicyclic) bond motifs is 2. The number of aromatic amines is 1. The number of rotatable bonds is 1. The summed E-state index contributed by atoms with van der Waals surface area (Å²) in [5.74, 6) is 1.53. The van der Waals surface area contributed by atoms with E-state index in [1.165, 1.54) is 0 Å². The summed E-state index contributed by atoms with van der Waals surface area (Å²) in [5.41, 5.74) is 3.01. The van der Waals surface area contributed by atoms with E-state index in [-0.39, 0.29) is 5.60 Å². The lowest BCUT2D eigenvalue weighted by Crippen LogP contribution is -2.32. The van der Waals surface area contributed by atoms with Crippen LogP contribution in [0, 0.1) is 0 Å². The number of nitrogens with zero attached hydrogens (tertiary/aromatic N) is 3. The first-order valence-electron chi connectivity index (χ1n) is 7.20. The standard InChI is InChI=1S/C16H15ClN4O/c1-16(2)4-3-9-7-10(17)8-11(12(9)22-16)13-20-14-15(21-13)19-6-5-18-14/h5-8H,3-4H2,1-2H3,(H,18,19,20,21). The first kappa shape index (κ1) is 13.5. The highest BCUT2D eigenvalue weighted by atomic mass is 35.5. The van der Waals surface area contributed by atoms with E-state index < -0.39 is 0 Å². The van der Waals surface area contributed by atoms with Gasteiger partial charge < -0.3 is 9.72 Å². The molecule has 5 nitrogen and oxygen atoms in total. The highest BCUT2D eigenvalue weighted by Crippen LogP contribution is 2.41. The topological polar surface area (TPSA) is 63.7 Å². The van der Waals surface area contributed by atoms with Crippen molar-refractivity contribution in [1.82, 2.24) is 19.9 Å². The summed E-state index contributed by atoms with van der Waals surface area (Å²) in [4.78, 5) is 16.2. The van der Waals surface area contributed by atoms with E-state index in [2.05, 4.69) is 33.8 Å². The van der Waals surface area contributed by atoms with Crippen molar-refractivity contribution in [1.29, 1.82) is 0 Å². The Morgan fingerprint density at radius 3 is 2.86 bits per heavy atom. The second kappa shape index (κ2) is 4.68. The average Bonchev–Trinajstić information content (AvgIpc) is 2.90. The summed E-state index contributed by atoms with van der Waals surface area (Å²) in [7, 11) is 0. The van der Waals surface area contributed by atoms with Crippen LogP contribution in [0.2, 0.25) is 5.02 Å². The molecule has 1 aliphatic heterocycles. The van der Waals surface area contributed by atoms with Crippen LogP contribution >= 0.6 is 11.6 Å². The van der Waals surface area contributed by atoms with Gasteiger partial charge in [-0.05, 0) is 44.4 Å².